The van der Waals surface area contributed by atoms with E-state index in [-0.39, 0.29) is 5.41 Å². The summed E-state index contributed by atoms with van der Waals surface area (Å²) in [4.78, 5) is 5.58. The van der Waals surface area contributed by atoms with Crippen LogP contribution in [0.25, 0.3) is 0 Å². The summed E-state index contributed by atoms with van der Waals surface area (Å²) in [5, 5.41) is 0. The minimum absolute atomic E-state index is 0.127. The lowest BCUT2D eigenvalue weighted by Crippen LogP contribution is -2.47. The maximum Gasteiger partial charge on any atom is 0.113 e. The molecule has 32 heavy (non-hydrogen) atoms. The van der Waals surface area contributed by atoms with Crippen molar-refractivity contribution in [1.82, 2.24) is 0 Å². The Balaban J connectivity index is 1.58. The quantitative estimate of drug-likeness (QED) is 0.492. The number of hydrogen-bond donors (Lipinski definition) is 0. The molecule has 2 nitrogen and oxygen atoms in total. The average Bonchev–Trinajstić information content (AvgIpc) is 3.52. The number of aryl methyl sites for hydroxylation is 1. The van der Waals surface area contributed by atoms with Crippen LogP contribution in [0.4, 0.5) is 11.4 Å². The first-order chi connectivity index (χ1) is 15.6. The fourth-order valence-corrected chi connectivity index (χ4v) is 7.80. The molecular weight excluding hydrogens is 388 g/mol. The van der Waals surface area contributed by atoms with E-state index in [1.807, 2.05) is 0 Å². The number of nitrogens with zero attached hydrogens (tertiary/aromatic N) is 2. The molecule has 2 aromatic carbocycles. The lowest BCUT2D eigenvalue weighted by Gasteiger charge is -2.41. The van der Waals surface area contributed by atoms with Gasteiger partial charge >= 0.3 is 0 Å². The van der Waals surface area contributed by atoms with Crippen molar-refractivity contribution in [2.75, 3.05) is 9.80 Å². The maximum atomic E-state index is 2.82. The number of rotatable bonds is 3. The van der Waals surface area contributed by atoms with E-state index >= 15 is 0 Å². The molecule has 0 amide bonds. The van der Waals surface area contributed by atoms with Crippen LogP contribution < -0.4 is 9.80 Å². The molecule has 4 aliphatic rings. The van der Waals surface area contributed by atoms with E-state index in [4.69, 9.17) is 0 Å². The third kappa shape index (κ3) is 2.77. The Morgan fingerprint density at radius 2 is 1.34 bits per heavy atom. The Kier molecular flexibility index (Phi) is 4.89. The zero-order valence-corrected chi connectivity index (χ0v) is 20.1. The molecule has 2 heterocycles. The highest BCUT2D eigenvalue weighted by Crippen LogP contribution is 2.61. The summed E-state index contributed by atoms with van der Waals surface area (Å²) in [6, 6.07) is 18.5. The van der Waals surface area contributed by atoms with E-state index in [1.165, 1.54) is 80.4 Å². The van der Waals surface area contributed by atoms with E-state index < -0.39 is 0 Å². The van der Waals surface area contributed by atoms with Crippen molar-refractivity contribution in [3.63, 3.8) is 0 Å². The molecule has 0 aromatic heterocycles. The third-order valence-electron chi connectivity index (χ3n) is 9.31. The van der Waals surface area contributed by atoms with Crippen LogP contribution in [0.2, 0.25) is 0 Å². The van der Waals surface area contributed by atoms with Crippen molar-refractivity contribution in [3.05, 3.63) is 71.1 Å². The lowest BCUT2D eigenvalue weighted by molar-refractivity contribution is 0.301. The maximum absolute atomic E-state index is 2.82. The molecule has 2 fully saturated rings. The average molecular weight is 427 g/mol. The second-order valence-electron chi connectivity index (χ2n) is 11.0. The van der Waals surface area contributed by atoms with Crippen LogP contribution in [0.3, 0.4) is 0 Å². The predicted octanol–water partition coefficient (Wildman–Crippen LogP) is 7.92. The predicted molar refractivity (Wildman–Crippen MR) is 135 cm³/mol. The molecule has 0 bridgehead atoms. The van der Waals surface area contributed by atoms with Gasteiger partial charge in [-0.15, -0.1) is 0 Å². The summed E-state index contributed by atoms with van der Waals surface area (Å²) in [5.74, 6) is 1.47. The molecule has 2 heteroatoms. The van der Waals surface area contributed by atoms with Crippen molar-refractivity contribution in [1.29, 1.82) is 0 Å². The van der Waals surface area contributed by atoms with Gasteiger partial charge in [0, 0.05) is 22.5 Å². The molecule has 2 aromatic rings. The van der Waals surface area contributed by atoms with Crippen LogP contribution in [0, 0.1) is 18.8 Å². The van der Waals surface area contributed by atoms with Crippen LogP contribution >= 0.6 is 0 Å². The Morgan fingerprint density at radius 1 is 0.719 bits per heavy atom. The fourth-order valence-electron chi connectivity index (χ4n) is 7.80. The molecule has 2 unspecified atom stereocenters. The summed E-state index contributed by atoms with van der Waals surface area (Å²) in [7, 11) is 0. The van der Waals surface area contributed by atoms with Gasteiger partial charge in [0.15, 0.2) is 0 Å². The number of anilines is 2. The standard InChI is InChI=1S/C30H38N2/c1-21-13-7-11-19-26(21)31-22(2)28-30(3,24-16-8-9-17-24)25-18-10-12-20-27(25)32(28)29(31)23-14-5-4-6-15-23/h7,10-13,18-20,23-24,29H,4-6,8-9,14-17H2,1-3H3. The van der Waals surface area contributed by atoms with Gasteiger partial charge in [-0.3, -0.25) is 0 Å². The highest BCUT2D eigenvalue weighted by Gasteiger charge is 2.57. The van der Waals surface area contributed by atoms with E-state index in [1.54, 1.807) is 11.3 Å². The summed E-state index contributed by atoms with van der Waals surface area (Å²) < 4.78 is 0. The Bertz CT molecular complexity index is 1040. The first-order valence-corrected chi connectivity index (χ1v) is 13.1. The minimum atomic E-state index is 0.127. The van der Waals surface area contributed by atoms with Gasteiger partial charge in [0.25, 0.3) is 0 Å². The molecule has 2 atom stereocenters. The molecule has 2 aliphatic heterocycles. The van der Waals surface area contributed by atoms with Gasteiger partial charge in [0.1, 0.15) is 6.17 Å². The van der Waals surface area contributed by atoms with Gasteiger partial charge in [0.05, 0.1) is 5.70 Å². The van der Waals surface area contributed by atoms with Gasteiger partial charge in [-0.05, 0) is 81.5 Å². The third-order valence-corrected chi connectivity index (χ3v) is 9.31. The van der Waals surface area contributed by atoms with Crippen molar-refractivity contribution < 1.29 is 0 Å². The Hall–Kier alpha value is -2.22. The molecule has 6 rings (SSSR count). The van der Waals surface area contributed by atoms with Gasteiger partial charge in [-0.25, -0.2) is 0 Å². The van der Waals surface area contributed by atoms with E-state index in [0.29, 0.717) is 6.17 Å². The van der Waals surface area contributed by atoms with E-state index in [2.05, 4.69) is 79.1 Å². The van der Waals surface area contributed by atoms with Gasteiger partial charge in [-0.1, -0.05) is 68.5 Å². The molecule has 168 valence electrons. The van der Waals surface area contributed by atoms with Crippen LogP contribution in [0.1, 0.15) is 82.8 Å². The molecule has 0 radical (unpaired) electrons. The van der Waals surface area contributed by atoms with E-state index in [0.717, 1.165) is 11.8 Å². The molecule has 0 saturated heterocycles. The normalized spacial score (nSPS) is 28.5. The monoisotopic (exact) mass is 426 g/mol. The van der Waals surface area contributed by atoms with Crippen LogP contribution in [0.15, 0.2) is 59.9 Å². The Labute approximate surface area is 194 Å². The second kappa shape index (κ2) is 7.68. The topological polar surface area (TPSA) is 6.48 Å². The SMILES string of the molecule is CC1=C2N(c3ccccc3C2(C)C2CCCC2)C(C2CCCCC2)N1c1ccccc1C. The smallest absolute Gasteiger partial charge is 0.113 e. The fraction of sp³-hybridized carbons (Fsp3) is 0.533. The summed E-state index contributed by atoms with van der Waals surface area (Å²) in [6.45, 7) is 7.30. The molecule has 2 saturated carbocycles. The first-order valence-electron chi connectivity index (χ1n) is 13.1. The van der Waals surface area contributed by atoms with E-state index in [9.17, 15) is 0 Å². The number of benzene rings is 2. The molecular formula is C30H38N2. The van der Waals surface area contributed by atoms with Crippen molar-refractivity contribution in [3.8, 4) is 0 Å². The van der Waals surface area contributed by atoms with Crippen molar-refractivity contribution >= 4 is 11.4 Å². The zero-order chi connectivity index (χ0) is 21.9. The van der Waals surface area contributed by atoms with Crippen LogP contribution in [-0.4, -0.2) is 6.17 Å². The van der Waals surface area contributed by atoms with Gasteiger partial charge in [0.2, 0.25) is 0 Å². The molecule has 0 N–H and O–H groups in total. The highest BCUT2D eigenvalue weighted by atomic mass is 15.4. The molecule has 2 aliphatic carbocycles. The zero-order valence-electron chi connectivity index (χ0n) is 20.1. The highest BCUT2D eigenvalue weighted by molar-refractivity contribution is 5.79. The van der Waals surface area contributed by atoms with Gasteiger partial charge in [-0.2, -0.15) is 0 Å². The lowest BCUT2D eigenvalue weighted by atomic mass is 9.70. The molecule has 0 spiro atoms. The summed E-state index contributed by atoms with van der Waals surface area (Å²) in [5.41, 5.74) is 9.12. The largest absolute Gasteiger partial charge is 0.322 e. The number of para-hydroxylation sites is 2. The minimum Gasteiger partial charge on any atom is -0.322 e. The Morgan fingerprint density at radius 3 is 2.06 bits per heavy atom. The number of hydrogen-bond acceptors (Lipinski definition) is 2. The first kappa shape index (κ1) is 20.4. The van der Waals surface area contributed by atoms with Crippen LogP contribution in [0.5, 0.6) is 0 Å². The van der Waals surface area contributed by atoms with Crippen molar-refractivity contribution in [2.24, 2.45) is 11.8 Å². The second-order valence-corrected chi connectivity index (χ2v) is 11.0. The van der Waals surface area contributed by atoms with Crippen LogP contribution in [-0.2, 0) is 5.41 Å². The summed E-state index contributed by atoms with van der Waals surface area (Å²) >= 11 is 0. The number of fused-ring (bicyclic) bond motifs is 3. The van der Waals surface area contributed by atoms with Crippen molar-refractivity contribution in [2.45, 2.75) is 90.1 Å². The van der Waals surface area contributed by atoms with Gasteiger partial charge < -0.3 is 9.80 Å². The number of allylic oxidation sites excluding steroid dienone is 2. The summed E-state index contributed by atoms with van der Waals surface area (Å²) in [6.07, 6.45) is 12.8.